The maximum atomic E-state index is 3.97. The molecule has 0 amide bonds. The first kappa shape index (κ1) is 8.46. The molecule has 0 radical (unpaired) electrons. The summed E-state index contributed by atoms with van der Waals surface area (Å²) in [4.78, 5) is 3.84. The Bertz CT molecular complexity index is 218. The van der Waals surface area contributed by atoms with Gasteiger partial charge in [-0.3, -0.25) is 4.68 Å². The summed E-state index contributed by atoms with van der Waals surface area (Å²) in [5.41, 5.74) is 1.18. The van der Waals surface area contributed by atoms with E-state index in [0.29, 0.717) is 0 Å². The van der Waals surface area contributed by atoms with Crippen LogP contribution in [0.15, 0.2) is 24.8 Å². The van der Waals surface area contributed by atoms with Crippen LogP contribution in [0.5, 0.6) is 0 Å². The van der Waals surface area contributed by atoms with Gasteiger partial charge in [0.2, 0.25) is 0 Å². The van der Waals surface area contributed by atoms with E-state index in [1.807, 2.05) is 0 Å². The second kappa shape index (κ2) is 4.28. The van der Waals surface area contributed by atoms with Gasteiger partial charge in [-0.25, -0.2) is 4.98 Å². The molecule has 0 bridgehead atoms. The first-order valence-electron chi connectivity index (χ1n) is 3.38. The molecule has 4 heteroatoms. The van der Waals surface area contributed by atoms with Crippen LogP contribution < -0.4 is 0 Å². The topological polar surface area (TPSA) is 30.7 Å². The average molecular weight is 216 g/mol. The van der Waals surface area contributed by atoms with Crippen molar-refractivity contribution >= 4 is 15.9 Å². The standard InChI is InChI=1S/C7H10BrN3/c1-7(4-8)2-3-11-6-9-5-10-11/h5-6H,1-4H2. The molecular formula is C7H10BrN3. The van der Waals surface area contributed by atoms with Crippen molar-refractivity contribution in [2.45, 2.75) is 13.0 Å². The normalized spacial score (nSPS) is 9.91. The summed E-state index contributed by atoms with van der Waals surface area (Å²) < 4.78 is 1.80. The number of aryl methyl sites for hydroxylation is 1. The molecule has 0 N–H and O–H groups in total. The minimum absolute atomic E-state index is 0.863. The molecule has 0 aliphatic rings. The zero-order valence-electron chi connectivity index (χ0n) is 6.20. The lowest BCUT2D eigenvalue weighted by Gasteiger charge is -2.00. The highest BCUT2D eigenvalue weighted by Gasteiger charge is 1.93. The van der Waals surface area contributed by atoms with E-state index in [2.05, 4.69) is 32.6 Å². The Morgan fingerprint density at radius 3 is 3.00 bits per heavy atom. The first-order chi connectivity index (χ1) is 5.33. The summed E-state index contributed by atoms with van der Waals surface area (Å²) in [5, 5.41) is 4.83. The van der Waals surface area contributed by atoms with Crippen molar-refractivity contribution in [3.8, 4) is 0 Å². The van der Waals surface area contributed by atoms with Crippen LogP contribution in [0.3, 0.4) is 0 Å². The largest absolute Gasteiger partial charge is 0.253 e. The van der Waals surface area contributed by atoms with Gasteiger partial charge in [-0.1, -0.05) is 28.1 Å². The molecule has 0 atom stereocenters. The molecular weight excluding hydrogens is 206 g/mol. The van der Waals surface area contributed by atoms with Crippen molar-refractivity contribution < 1.29 is 0 Å². The smallest absolute Gasteiger partial charge is 0.137 e. The number of allylic oxidation sites excluding steroid dienone is 1. The first-order valence-corrected chi connectivity index (χ1v) is 4.50. The van der Waals surface area contributed by atoms with Crippen LogP contribution in [-0.2, 0) is 6.54 Å². The Labute approximate surface area is 74.3 Å². The fourth-order valence-corrected chi connectivity index (χ4v) is 0.968. The number of rotatable bonds is 4. The summed E-state index contributed by atoms with van der Waals surface area (Å²) >= 11 is 3.33. The molecule has 0 fully saturated rings. The lowest BCUT2D eigenvalue weighted by atomic mass is 10.2. The molecule has 1 aromatic heterocycles. The molecule has 1 rings (SSSR count). The van der Waals surface area contributed by atoms with Crippen LogP contribution in [0.2, 0.25) is 0 Å². The second-order valence-corrected chi connectivity index (χ2v) is 2.85. The Kier molecular flexibility index (Phi) is 3.29. The third kappa shape index (κ3) is 2.84. The SMILES string of the molecule is C=C(CBr)CCn1cncn1. The van der Waals surface area contributed by atoms with Crippen LogP contribution in [0.25, 0.3) is 0 Å². The van der Waals surface area contributed by atoms with Crippen LogP contribution in [0, 0.1) is 0 Å². The van der Waals surface area contributed by atoms with E-state index in [9.17, 15) is 0 Å². The minimum Gasteiger partial charge on any atom is -0.253 e. The minimum atomic E-state index is 0.863. The van der Waals surface area contributed by atoms with Crippen molar-refractivity contribution in [1.82, 2.24) is 14.8 Å². The number of alkyl halides is 1. The van der Waals surface area contributed by atoms with Gasteiger partial charge in [0.25, 0.3) is 0 Å². The lowest BCUT2D eigenvalue weighted by molar-refractivity contribution is 0.612. The predicted molar refractivity (Wildman–Crippen MR) is 47.6 cm³/mol. The van der Waals surface area contributed by atoms with Crippen LogP contribution in [0.4, 0.5) is 0 Å². The summed E-state index contributed by atoms with van der Waals surface area (Å²) in [5.74, 6) is 0. The molecule has 0 aliphatic carbocycles. The number of nitrogens with zero attached hydrogens (tertiary/aromatic N) is 3. The van der Waals surface area contributed by atoms with Gasteiger partial charge in [0, 0.05) is 11.9 Å². The Balaban J connectivity index is 2.29. The fourth-order valence-electron chi connectivity index (χ4n) is 0.688. The average Bonchev–Trinajstić information content (AvgIpc) is 2.52. The molecule has 0 aliphatic heterocycles. The molecule has 1 heterocycles. The van der Waals surface area contributed by atoms with Gasteiger partial charge in [-0.05, 0) is 6.42 Å². The van der Waals surface area contributed by atoms with Gasteiger partial charge in [0.05, 0.1) is 0 Å². The van der Waals surface area contributed by atoms with E-state index < -0.39 is 0 Å². The number of aromatic nitrogens is 3. The molecule has 11 heavy (non-hydrogen) atoms. The molecule has 0 unspecified atom stereocenters. The van der Waals surface area contributed by atoms with Gasteiger partial charge in [-0.2, -0.15) is 5.10 Å². The highest BCUT2D eigenvalue weighted by molar-refractivity contribution is 9.09. The lowest BCUT2D eigenvalue weighted by Crippen LogP contribution is -1.99. The number of hydrogen-bond acceptors (Lipinski definition) is 2. The Morgan fingerprint density at radius 2 is 2.45 bits per heavy atom. The molecule has 3 nitrogen and oxygen atoms in total. The highest BCUT2D eigenvalue weighted by atomic mass is 79.9. The van der Waals surface area contributed by atoms with E-state index >= 15 is 0 Å². The quantitative estimate of drug-likeness (QED) is 0.565. The summed E-state index contributed by atoms with van der Waals surface area (Å²) in [6.45, 7) is 4.73. The zero-order chi connectivity index (χ0) is 8.10. The highest BCUT2D eigenvalue weighted by Crippen LogP contribution is 2.02. The fraction of sp³-hybridized carbons (Fsp3) is 0.429. The van der Waals surface area contributed by atoms with Crippen molar-refractivity contribution in [1.29, 1.82) is 0 Å². The predicted octanol–water partition coefficient (Wildman–Crippen LogP) is 1.62. The maximum absolute atomic E-state index is 3.97. The van der Waals surface area contributed by atoms with Crippen LogP contribution in [-0.4, -0.2) is 20.1 Å². The van der Waals surface area contributed by atoms with E-state index in [-0.39, 0.29) is 0 Å². The van der Waals surface area contributed by atoms with Gasteiger partial charge in [0.15, 0.2) is 0 Å². The van der Waals surface area contributed by atoms with Crippen molar-refractivity contribution in [2.75, 3.05) is 5.33 Å². The van der Waals surface area contributed by atoms with E-state index in [4.69, 9.17) is 0 Å². The number of halogens is 1. The van der Waals surface area contributed by atoms with Gasteiger partial charge >= 0.3 is 0 Å². The zero-order valence-corrected chi connectivity index (χ0v) is 7.79. The maximum Gasteiger partial charge on any atom is 0.137 e. The summed E-state index contributed by atoms with van der Waals surface area (Å²) in [6.07, 6.45) is 4.20. The molecule has 0 saturated carbocycles. The van der Waals surface area contributed by atoms with Gasteiger partial charge in [0.1, 0.15) is 12.7 Å². The van der Waals surface area contributed by atoms with Gasteiger partial charge < -0.3 is 0 Å². The summed E-state index contributed by atoms with van der Waals surface area (Å²) in [7, 11) is 0. The molecule has 0 aromatic carbocycles. The third-order valence-electron chi connectivity index (χ3n) is 1.35. The third-order valence-corrected chi connectivity index (χ3v) is 2.14. The van der Waals surface area contributed by atoms with E-state index in [0.717, 1.165) is 18.3 Å². The Morgan fingerprint density at radius 1 is 1.64 bits per heavy atom. The summed E-state index contributed by atoms with van der Waals surface area (Å²) in [6, 6.07) is 0. The van der Waals surface area contributed by atoms with Gasteiger partial charge in [-0.15, -0.1) is 0 Å². The molecule has 60 valence electrons. The van der Waals surface area contributed by atoms with Crippen molar-refractivity contribution in [3.05, 3.63) is 24.8 Å². The second-order valence-electron chi connectivity index (χ2n) is 2.29. The van der Waals surface area contributed by atoms with E-state index in [1.54, 1.807) is 11.0 Å². The van der Waals surface area contributed by atoms with Crippen LogP contribution in [0.1, 0.15) is 6.42 Å². The van der Waals surface area contributed by atoms with Crippen LogP contribution >= 0.6 is 15.9 Å². The molecule has 0 saturated heterocycles. The Hall–Kier alpha value is -0.640. The number of hydrogen-bond donors (Lipinski definition) is 0. The van der Waals surface area contributed by atoms with Crippen molar-refractivity contribution in [2.24, 2.45) is 0 Å². The molecule has 1 aromatic rings. The molecule has 0 spiro atoms. The van der Waals surface area contributed by atoms with Crippen molar-refractivity contribution in [3.63, 3.8) is 0 Å². The monoisotopic (exact) mass is 215 g/mol. The van der Waals surface area contributed by atoms with E-state index in [1.165, 1.54) is 11.9 Å².